The minimum absolute atomic E-state index is 0.121. The highest BCUT2D eigenvalue weighted by Crippen LogP contribution is 2.26. The molecule has 0 aliphatic rings. The van der Waals surface area contributed by atoms with E-state index in [0.717, 1.165) is 11.3 Å². The Kier molecular flexibility index (Phi) is 6.29. The number of nitrogens with one attached hydrogen (secondary N) is 1. The van der Waals surface area contributed by atoms with Crippen LogP contribution in [0.5, 0.6) is 11.5 Å². The van der Waals surface area contributed by atoms with Gasteiger partial charge in [0.15, 0.2) is 11.5 Å². The number of hydrogen-bond acceptors (Lipinski definition) is 3. The first-order valence-electron chi connectivity index (χ1n) is 7.51. The van der Waals surface area contributed by atoms with Gasteiger partial charge < -0.3 is 14.8 Å². The Labute approximate surface area is 141 Å². The summed E-state index contributed by atoms with van der Waals surface area (Å²) in [6.45, 7) is 4.62. The van der Waals surface area contributed by atoms with Crippen molar-refractivity contribution in [3.8, 4) is 11.5 Å². The van der Waals surface area contributed by atoms with E-state index >= 15 is 0 Å². The minimum Gasteiger partial charge on any atom is -0.490 e. The smallest absolute Gasteiger partial charge is 0.227 e. The number of carbonyl (C=O) groups excluding carboxylic acids is 1. The summed E-state index contributed by atoms with van der Waals surface area (Å²) >= 11 is 6.04. The average molecular weight is 334 g/mol. The van der Waals surface area contributed by atoms with Gasteiger partial charge in [-0.2, -0.15) is 0 Å². The topological polar surface area (TPSA) is 47.6 Å². The highest BCUT2D eigenvalue weighted by Gasteiger charge is 2.08. The van der Waals surface area contributed by atoms with Crippen molar-refractivity contribution >= 4 is 23.2 Å². The molecule has 0 atom stereocenters. The van der Waals surface area contributed by atoms with Crippen LogP contribution in [0.1, 0.15) is 18.9 Å². The van der Waals surface area contributed by atoms with Crippen LogP contribution in [0.4, 0.5) is 5.69 Å². The van der Waals surface area contributed by atoms with Crippen LogP contribution in [-0.4, -0.2) is 19.1 Å². The van der Waals surface area contributed by atoms with Crippen LogP contribution in [0, 0.1) is 6.92 Å². The van der Waals surface area contributed by atoms with E-state index in [1.54, 1.807) is 12.1 Å². The molecular weight excluding hydrogens is 314 g/mol. The molecule has 0 aromatic heterocycles. The van der Waals surface area contributed by atoms with Crippen molar-refractivity contribution in [1.29, 1.82) is 0 Å². The van der Waals surface area contributed by atoms with Gasteiger partial charge in [0.25, 0.3) is 0 Å². The molecule has 0 aliphatic carbocycles. The Morgan fingerprint density at radius 2 is 1.78 bits per heavy atom. The van der Waals surface area contributed by atoms with E-state index in [-0.39, 0.29) is 18.9 Å². The van der Waals surface area contributed by atoms with E-state index in [1.807, 2.05) is 44.2 Å². The monoisotopic (exact) mass is 333 g/mol. The fourth-order valence-corrected chi connectivity index (χ4v) is 2.23. The lowest BCUT2D eigenvalue weighted by Gasteiger charge is -2.12. The van der Waals surface area contributed by atoms with E-state index in [9.17, 15) is 4.79 Å². The Bertz CT molecular complexity index is 673. The molecule has 0 heterocycles. The number of halogens is 1. The van der Waals surface area contributed by atoms with E-state index in [0.29, 0.717) is 23.1 Å². The molecule has 1 N–H and O–H groups in total. The number of hydrogen-bond donors (Lipinski definition) is 1. The van der Waals surface area contributed by atoms with Crippen LogP contribution in [0.25, 0.3) is 0 Å². The first-order valence-corrected chi connectivity index (χ1v) is 7.89. The summed E-state index contributed by atoms with van der Waals surface area (Å²) in [4.78, 5) is 12.0. The van der Waals surface area contributed by atoms with Crippen LogP contribution in [0.2, 0.25) is 5.02 Å². The van der Waals surface area contributed by atoms with Gasteiger partial charge in [0.05, 0.1) is 19.6 Å². The second-order valence-corrected chi connectivity index (χ2v) is 5.35. The molecule has 0 saturated heterocycles. The summed E-state index contributed by atoms with van der Waals surface area (Å²) in [6.07, 6.45) is 0.242. The largest absolute Gasteiger partial charge is 0.490 e. The number of anilines is 1. The van der Waals surface area contributed by atoms with Crippen molar-refractivity contribution < 1.29 is 14.3 Å². The van der Waals surface area contributed by atoms with Crippen LogP contribution in [-0.2, 0) is 4.79 Å². The fraction of sp³-hybridized carbons (Fsp3) is 0.278. The second-order valence-electron chi connectivity index (χ2n) is 4.94. The highest BCUT2D eigenvalue weighted by molar-refractivity contribution is 6.31. The standard InChI is InChI=1S/C18H20ClNO3/c1-3-22-16-9-4-5-10-17(16)23-12-11-18(21)20-15-8-6-7-14(19)13(15)2/h4-10H,3,11-12H2,1-2H3,(H,20,21). The molecule has 0 radical (unpaired) electrons. The van der Waals surface area contributed by atoms with Crippen molar-refractivity contribution in [2.24, 2.45) is 0 Å². The number of ether oxygens (including phenoxy) is 2. The third-order valence-electron chi connectivity index (χ3n) is 3.28. The predicted octanol–water partition coefficient (Wildman–Crippen LogP) is 4.45. The zero-order valence-electron chi connectivity index (χ0n) is 13.3. The number of para-hydroxylation sites is 2. The van der Waals surface area contributed by atoms with Crippen LogP contribution < -0.4 is 14.8 Å². The average Bonchev–Trinajstić information content (AvgIpc) is 2.54. The third-order valence-corrected chi connectivity index (χ3v) is 3.69. The molecule has 0 unspecified atom stereocenters. The summed E-state index contributed by atoms with van der Waals surface area (Å²) in [5, 5.41) is 3.47. The lowest BCUT2D eigenvalue weighted by atomic mass is 10.2. The van der Waals surface area contributed by atoms with Gasteiger partial charge in [0.2, 0.25) is 5.91 Å². The maximum Gasteiger partial charge on any atom is 0.227 e. The second kappa shape index (κ2) is 8.44. The molecule has 2 rings (SSSR count). The molecule has 1 amide bonds. The predicted molar refractivity (Wildman–Crippen MR) is 92.5 cm³/mol. The number of benzene rings is 2. The normalized spacial score (nSPS) is 10.2. The molecule has 23 heavy (non-hydrogen) atoms. The molecule has 0 bridgehead atoms. The zero-order valence-corrected chi connectivity index (χ0v) is 14.0. The number of rotatable bonds is 7. The van der Waals surface area contributed by atoms with Crippen molar-refractivity contribution in [2.75, 3.05) is 18.5 Å². The van der Waals surface area contributed by atoms with Crippen molar-refractivity contribution in [3.05, 3.63) is 53.1 Å². The summed E-state index contributed by atoms with van der Waals surface area (Å²) in [5.41, 5.74) is 1.57. The maximum absolute atomic E-state index is 12.0. The fourth-order valence-electron chi connectivity index (χ4n) is 2.05. The lowest BCUT2D eigenvalue weighted by molar-refractivity contribution is -0.116. The molecule has 2 aromatic rings. The van der Waals surface area contributed by atoms with Crippen LogP contribution in [0.3, 0.4) is 0 Å². The summed E-state index contributed by atoms with van der Waals surface area (Å²) in [6, 6.07) is 12.8. The molecule has 122 valence electrons. The van der Waals surface area contributed by atoms with E-state index in [4.69, 9.17) is 21.1 Å². The summed E-state index contributed by atoms with van der Waals surface area (Å²) in [7, 11) is 0. The molecule has 5 heteroatoms. The molecule has 4 nitrogen and oxygen atoms in total. The quantitative estimate of drug-likeness (QED) is 0.814. The van der Waals surface area contributed by atoms with E-state index in [1.165, 1.54) is 0 Å². The van der Waals surface area contributed by atoms with Crippen molar-refractivity contribution in [1.82, 2.24) is 0 Å². The van der Waals surface area contributed by atoms with Gasteiger partial charge in [-0.05, 0) is 43.7 Å². The summed E-state index contributed by atoms with van der Waals surface area (Å²) < 4.78 is 11.1. The first-order chi connectivity index (χ1) is 11.1. The van der Waals surface area contributed by atoms with E-state index < -0.39 is 0 Å². The molecule has 2 aromatic carbocycles. The van der Waals surface area contributed by atoms with Gasteiger partial charge >= 0.3 is 0 Å². The minimum atomic E-state index is -0.121. The zero-order chi connectivity index (χ0) is 16.7. The Morgan fingerprint density at radius 1 is 1.09 bits per heavy atom. The third kappa shape index (κ3) is 4.89. The Hall–Kier alpha value is -2.20. The molecular formula is C18H20ClNO3. The van der Waals surface area contributed by atoms with Crippen LogP contribution in [0.15, 0.2) is 42.5 Å². The van der Waals surface area contributed by atoms with Gasteiger partial charge in [-0.15, -0.1) is 0 Å². The van der Waals surface area contributed by atoms with E-state index in [2.05, 4.69) is 5.32 Å². The molecule has 0 spiro atoms. The van der Waals surface area contributed by atoms with Gasteiger partial charge in [-0.25, -0.2) is 0 Å². The summed E-state index contributed by atoms with van der Waals surface area (Å²) in [5.74, 6) is 1.20. The molecule has 0 saturated carbocycles. The molecule has 0 aliphatic heterocycles. The van der Waals surface area contributed by atoms with Crippen molar-refractivity contribution in [2.45, 2.75) is 20.3 Å². The number of amides is 1. The molecule has 0 fully saturated rings. The SMILES string of the molecule is CCOc1ccccc1OCCC(=O)Nc1cccc(Cl)c1C. The van der Waals surface area contributed by atoms with Gasteiger partial charge in [-0.1, -0.05) is 29.8 Å². The van der Waals surface area contributed by atoms with Crippen LogP contribution >= 0.6 is 11.6 Å². The highest BCUT2D eigenvalue weighted by atomic mass is 35.5. The lowest BCUT2D eigenvalue weighted by Crippen LogP contribution is -2.16. The van der Waals surface area contributed by atoms with Gasteiger partial charge in [-0.3, -0.25) is 4.79 Å². The Morgan fingerprint density at radius 3 is 2.48 bits per heavy atom. The Balaban J connectivity index is 1.87. The van der Waals surface area contributed by atoms with Gasteiger partial charge in [0.1, 0.15) is 0 Å². The van der Waals surface area contributed by atoms with Gasteiger partial charge in [0, 0.05) is 10.7 Å². The first kappa shape index (κ1) is 17.2. The number of carbonyl (C=O) groups is 1. The van der Waals surface area contributed by atoms with Crippen molar-refractivity contribution in [3.63, 3.8) is 0 Å². The maximum atomic E-state index is 12.0.